The number of carbonyl (C=O) groups excluding carboxylic acids is 1. The van der Waals surface area contributed by atoms with Crippen molar-refractivity contribution in [2.45, 2.75) is 58.1 Å². The third-order valence-corrected chi connectivity index (χ3v) is 6.03. The molecule has 146 valence electrons. The highest BCUT2D eigenvalue weighted by Crippen LogP contribution is 2.40. The molecular weight excluding hydrogens is 399 g/mol. The number of phenols is 1. The molecule has 5 heteroatoms. The van der Waals surface area contributed by atoms with Gasteiger partial charge in [-0.05, 0) is 40.7 Å². The van der Waals surface area contributed by atoms with Gasteiger partial charge in [0, 0.05) is 22.4 Å². The molecule has 27 heavy (non-hydrogen) atoms. The standard InChI is InChI=1S/C22H26Cl2O2S/c1-21(2,3)15-10-14(11-16(19(15)25)22(4,5)6)20(26)27-12-13-7-8-17(23)18(24)9-13/h7-11,25H,12H2,1-6H3. The summed E-state index contributed by atoms with van der Waals surface area (Å²) in [6, 6.07) is 9.01. The van der Waals surface area contributed by atoms with Gasteiger partial charge in [-0.15, -0.1) is 0 Å². The molecule has 0 aliphatic carbocycles. The SMILES string of the molecule is CC(C)(C)c1cc(C(=O)SCc2ccc(Cl)c(Cl)c2)cc(C(C)(C)C)c1O. The lowest BCUT2D eigenvalue weighted by molar-refractivity contribution is 0.108. The van der Waals surface area contributed by atoms with Crippen LogP contribution in [0.4, 0.5) is 0 Å². The Labute approximate surface area is 176 Å². The second kappa shape index (κ2) is 8.06. The Morgan fingerprint density at radius 1 is 0.926 bits per heavy atom. The number of benzene rings is 2. The summed E-state index contributed by atoms with van der Waals surface area (Å²) in [5.74, 6) is 0.785. The van der Waals surface area contributed by atoms with Crippen LogP contribution in [0.5, 0.6) is 5.75 Å². The van der Waals surface area contributed by atoms with Crippen molar-refractivity contribution >= 4 is 40.1 Å². The van der Waals surface area contributed by atoms with Gasteiger partial charge in [0.15, 0.2) is 0 Å². The zero-order valence-corrected chi connectivity index (χ0v) is 18.9. The van der Waals surface area contributed by atoms with Crippen molar-refractivity contribution in [3.63, 3.8) is 0 Å². The summed E-state index contributed by atoms with van der Waals surface area (Å²) in [6.07, 6.45) is 0. The molecule has 0 unspecified atom stereocenters. The minimum atomic E-state index is -0.269. The predicted octanol–water partition coefficient (Wildman–Crippen LogP) is 7.37. The van der Waals surface area contributed by atoms with E-state index in [4.69, 9.17) is 23.2 Å². The van der Waals surface area contributed by atoms with E-state index in [-0.39, 0.29) is 21.7 Å². The van der Waals surface area contributed by atoms with E-state index in [2.05, 4.69) is 0 Å². The van der Waals surface area contributed by atoms with E-state index < -0.39 is 0 Å². The van der Waals surface area contributed by atoms with Gasteiger partial charge in [-0.3, -0.25) is 4.79 Å². The van der Waals surface area contributed by atoms with Crippen molar-refractivity contribution in [3.05, 3.63) is 62.6 Å². The maximum atomic E-state index is 12.9. The molecule has 2 aromatic rings. The number of aromatic hydroxyl groups is 1. The van der Waals surface area contributed by atoms with Crippen LogP contribution in [0.25, 0.3) is 0 Å². The summed E-state index contributed by atoms with van der Waals surface area (Å²) in [7, 11) is 0. The van der Waals surface area contributed by atoms with Crippen LogP contribution in [0.2, 0.25) is 10.0 Å². The van der Waals surface area contributed by atoms with Crippen molar-refractivity contribution < 1.29 is 9.90 Å². The summed E-state index contributed by atoms with van der Waals surface area (Å²) < 4.78 is 0. The van der Waals surface area contributed by atoms with Gasteiger partial charge in [-0.25, -0.2) is 0 Å². The van der Waals surface area contributed by atoms with Gasteiger partial charge in [-0.2, -0.15) is 0 Å². The summed E-state index contributed by atoms with van der Waals surface area (Å²) in [4.78, 5) is 12.9. The van der Waals surface area contributed by atoms with Gasteiger partial charge in [0.25, 0.3) is 0 Å². The highest BCUT2D eigenvalue weighted by Gasteiger charge is 2.27. The quantitative estimate of drug-likeness (QED) is 0.558. The highest BCUT2D eigenvalue weighted by atomic mass is 35.5. The van der Waals surface area contributed by atoms with Crippen LogP contribution in [0.1, 0.15) is 68.6 Å². The molecule has 0 saturated heterocycles. The number of hydrogen-bond donors (Lipinski definition) is 1. The molecule has 1 N–H and O–H groups in total. The normalized spacial score (nSPS) is 12.3. The van der Waals surface area contributed by atoms with Gasteiger partial charge in [0.2, 0.25) is 5.12 Å². The fourth-order valence-corrected chi connectivity index (χ4v) is 3.84. The molecule has 0 aliphatic heterocycles. The van der Waals surface area contributed by atoms with Crippen molar-refractivity contribution in [1.82, 2.24) is 0 Å². The lowest BCUT2D eigenvalue weighted by Gasteiger charge is -2.28. The maximum Gasteiger partial charge on any atom is 0.219 e. The zero-order chi connectivity index (χ0) is 20.6. The Hall–Kier alpha value is -1.16. The van der Waals surface area contributed by atoms with E-state index >= 15 is 0 Å². The first-order valence-electron chi connectivity index (χ1n) is 8.79. The third-order valence-electron chi connectivity index (χ3n) is 4.32. The number of phenolic OH excluding ortho intramolecular Hbond substituents is 1. The van der Waals surface area contributed by atoms with Crippen molar-refractivity contribution in [1.29, 1.82) is 0 Å². The Kier molecular flexibility index (Phi) is 6.61. The Morgan fingerprint density at radius 2 is 1.44 bits per heavy atom. The van der Waals surface area contributed by atoms with Crippen LogP contribution in [0.15, 0.2) is 30.3 Å². The van der Waals surface area contributed by atoms with Gasteiger partial charge in [-0.1, -0.05) is 82.6 Å². The Balaban J connectivity index is 2.36. The summed E-state index contributed by atoms with van der Waals surface area (Å²) >= 11 is 13.2. The second-order valence-corrected chi connectivity index (χ2v) is 10.5. The van der Waals surface area contributed by atoms with Gasteiger partial charge >= 0.3 is 0 Å². The molecule has 2 rings (SSSR count). The van der Waals surface area contributed by atoms with Gasteiger partial charge < -0.3 is 5.11 Å². The van der Waals surface area contributed by atoms with Crippen LogP contribution in [-0.4, -0.2) is 10.2 Å². The average Bonchev–Trinajstić information content (AvgIpc) is 2.53. The van der Waals surface area contributed by atoms with Crippen molar-refractivity contribution in [3.8, 4) is 5.75 Å². The van der Waals surface area contributed by atoms with Crippen LogP contribution >= 0.6 is 35.0 Å². The van der Waals surface area contributed by atoms with Crippen LogP contribution < -0.4 is 0 Å². The van der Waals surface area contributed by atoms with E-state index in [1.165, 1.54) is 11.8 Å². The number of carbonyl (C=O) groups is 1. The molecule has 0 heterocycles. The minimum absolute atomic E-state index is 0.0305. The average molecular weight is 425 g/mol. The number of halogens is 2. The molecular formula is C22H26Cl2O2S. The first kappa shape index (κ1) is 22.1. The first-order valence-corrected chi connectivity index (χ1v) is 10.5. The minimum Gasteiger partial charge on any atom is -0.507 e. The van der Waals surface area contributed by atoms with E-state index in [1.807, 2.05) is 59.7 Å². The van der Waals surface area contributed by atoms with E-state index in [0.717, 1.165) is 16.7 Å². The number of hydrogen-bond acceptors (Lipinski definition) is 3. The zero-order valence-electron chi connectivity index (χ0n) is 16.6. The van der Waals surface area contributed by atoms with Crippen LogP contribution in [0.3, 0.4) is 0 Å². The molecule has 0 bridgehead atoms. The lowest BCUT2D eigenvalue weighted by Crippen LogP contribution is -2.18. The Morgan fingerprint density at radius 3 is 1.89 bits per heavy atom. The summed E-state index contributed by atoms with van der Waals surface area (Å²) in [5.41, 5.74) is 2.58. The predicted molar refractivity (Wildman–Crippen MR) is 118 cm³/mol. The molecule has 0 fully saturated rings. The summed E-state index contributed by atoms with van der Waals surface area (Å²) in [6.45, 7) is 12.2. The highest BCUT2D eigenvalue weighted by molar-refractivity contribution is 8.13. The van der Waals surface area contributed by atoms with Crippen molar-refractivity contribution in [2.75, 3.05) is 0 Å². The first-order chi connectivity index (χ1) is 12.3. The largest absolute Gasteiger partial charge is 0.507 e. The molecule has 0 aromatic heterocycles. The van der Waals surface area contributed by atoms with Crippen LogP contribution in [-0.2, 0) is 16.6 Å². The maximum absolute atomic E-state index is 12.9. The molecule has 0 saturated carbocycles. The number of rotatable bonds is 3. The fraction of sp³-hybridized carbons (Fsp3) is 0.409. The topological polar surface area (TPSA) is 37.3 Å². The van der Waals surface area contributed by atoms with Gasteiger partial charge in [0.05, 0.1) is 10.0 Å². The molecule has 0 aliphatic rings. The van der Waals surface area contributed by atoms with Gasteiger partial charge in [0.1, 0.15) is 5.75 Å². The van der Waals surface area contributed by atoms with Crippen molar-refractivity contribution in [2.24, 2.45) is 0 Å². The van der Waals surface area contributed by atoms with E-state index in [1.54, 1.807) is 12.1 Å². The van der Waals surface area contributed by atoms with E-state index in [0.29, 0.717) is 21.4 Å². The monoisotopic (exact) mass is 424 g/mol. The fourth-order valence-electron chi connectivity index (χ4n) is 2.76. The summed E-state index contributed by atoms with van der Waals surface area (Å²) in [5, 5.41) is 11.7. The Bertz CT molecular complexity index is 827. The third kappa shape index (κ3) is 5.43. The number of thioether (sulfide) groups is 1. The van der Waals surface area contributed by atoms with Crippen LogP contribution in [0, 0.1) is 0 Å². The molecule has 0 spiro atoms. The molecule has 0 radical (unpaired) electrons. The lowest BCUT2D eigenvalue weighted by atomic mass is 9.78. The molecule has 0 amide bonds. The second-order valence-electron chi connectivity index (χ2n) is 8.74. The molecule has 2 nitrogen and oxygen atoms in total. The van der Waals surface area contributed by atoms with E-state index in [9.17, 15) is 9.90 Å². The molecule has 0 atom stereocenters. The smallest absolute Gasteiger partial charge is 0.219 e. The molecule has 2 aromatic carbocycles.